The Morgan fingerprint density at radius 2 is 2.25 bits per heavy atom. The fraction of sp³-hybridized carbons (Fsp3) is 0.667. The van der Waals surface area contributed by atoms with Gasteiger partial charge in [0, 0.05) is 11.3 Å². The number of aromatic nitrogens is 1. The summed E-state index contributed by atoms with van der Waals surface area (Å²) in [6.45, 7) is 4.00. The summed E-state index contributed by atoms with van der Waals surface area (Å²) in [4.78, 5) is 4.54. The molecule has 0 unspecified atom stereocenters. The van der Waals surface area contributed by atoms with Crippen LogP contribution in [0.15, 0.2) is 5.38 Å². The van der Waals surface area contributed by atoms with Crippen molar-refractivity contribution in [1.82, 2.24) is 4.98 Å². The lowest BCUT2D eigenvalue weighted by Gasteiger charge is -2.13. The van der Waals surface area contributed by atoms with Crippen molar-refractivity contribution >= 4 is 11.3 Å². The lowest BCUT2D eigenvalue weighted by atomic mass is 10.1. The maximum absolute atomic E-state index is 5.94. The zero-order valence-electron chi connectivity index (χ0n) is 7.50. The number of rotatable bonds is 2. The van der Waals surface area contributed by atoms with E-state index in [0.29, 0.717) is 0 Å². The Bertz CT molecular complexity index is 281. The predicted octanol–water partition coefficient (Wildman–Crippen LogP) is 2.21. The highest BCUT2D eigenvalue weighted by atomic mass is 32.1. The SMILES string of the molecule is CC(C)(N)c1nc(C2CC2)cs1. The molecule has 3 heteroatoms. The van der Waals surface area contributed by atoms with Crippen molar-refractivity contribution in [2.45, 2.75) is 38.1 Å². The first-order valence-corrected chi connectivity index (χ1v) is 5.20. The minimum absolute atomic E-state index is 0.266. The van der Waals surface area contributed by atoms with Crippen LogP contribution in [-0.4, -0.2) is 4.98 Å². The third-order valence-corrected chi connectivity index (χ3v) is 3.27. The third-order valence-electron chi connectivity index (χ3n) is 2.07. The normalized spacial score (nSPS) is 18.2. The van der Waals surface area contributed by atoms with Gasteiger partial charge in [-0.05, 0) is 26.7 Å². The summed E-state index contributed by atoms with van der Waals surface area (Å²) >= 11 is 1.69. The summed E-state index contributed by atoms with van der Waals surface area (Å²) < 4.78 is 0. The van der Waals surface area contributed by atoms with Crippen LogP contribution in [0.4, 0.5) is 0 Å². The van der Waals surface area contributed by atoms with Gasteiger partial charge in [0.15, 0.2) is 0 Å². The molecule has 1 aliphatic rings. The van der Waals surface area contributed by atoms with E-state index in [1.54, 1.807) is 11.3 Å². The van der Waals surface area contributed by atoms with Crippen LogP contribution in [0.5, 0.6) is 0 Å². The van der Waals surface area contributed by atoms with E-state index in [0.717, 1.165) is 10.9 Å². The van der Waals surface area contributed by atoms with E-state index in [-0.39, 0.29) is 5.54 Å². The lowest BCUT2D eigenvalue weighted by molar-refractivity contribution is 0.548. The van der Waals surface area contributed by atoms with E-state index in [1.807, 2.05) is 13.8 Å². The molecule has 0 saturated heterocycles. The van der Waals surface area contributed by atoms with Crippen molar-refractivity contribution in [2.24, 2.45) is 5.73 Å². The summed E-state index contributed by atoms with van der Waals surface area (Å²) in [7, 11) is 0. The second kappa shape index (κ2) is 2.54. The highest BCUT2D eigenvalue weighted by Gasteiger charge is 2.28. The molecule has 0 atom stereocenters. The Balaban J connectivity index is 2.23. The minimum Gasteiger partial charge on any atom is -0.320 e. The zero-order chi connectivity index (χ0) is 8.77. The van der Waals surface area contributed by atoms with Gasteiger partial charge in [-0.1, -0.05) is 0 Å². The van der Waals surface area contributed by atoms with Crippen molar-refractivity contribution in [3.05, 3.63) is 16.1 Å². The summed E-state index contributed by atoms with van der Waals surface area (Å²) in [6.07, 6.45) is 2.63. The van der Waals surface area contributed by atoms with Crippen LogP contribution in [0.25, 0.3) is 0 Å². The summed E-state index contributed by atoms with van der Waals surface area (Å²) in [6, 6.07) is 0. The molecule has 66 valence electrons. The Labute approximate surface area is 76.8 Å². The molecule has 1 aliphatic carbocycles. The van der Waals surface area contributed by atoms with Crippen molar-refractivity contribution in [3.63, 3.8) is 0 Å². The molecule has 1 saturated carbocycles. The van der Waals surface area contributed by atoms with Gasteiger partial charge in [0.2, 0.25) is 0 Å². The molecule has 0 aliphatic heterocycles. The molecule has 1 aromatic heterocycles. The average Bonchev–Trinajstić information content (AvgIpc) is 2.66. The van der Waals surface area contributed by atoms with Gasteiger partial charge in [-0.3, -0.25) is 0 Å². The molecule has 0 amide bonds. The van der Waals surface area contributed by atoms with Gasteiger partial charge in [-0.2, -0.15) is 0 Å². The summed E-state index contributed by atoms with van der Waals surface area (Å²) in [5.74, 6) is 0.748. The largest absolute Gasteiger partial charge is 0.320 e. The van der Waals surface area contributed by atoms with Crippen LogP contribution in [0.3, 0.4) is 0 Å². The topological polar surface area (TPSA) is 38.9 Å². The van der Waals surface area contributed by atoms with E-state index >= 15 is 0 Å². The van der Waals surface area contributed by atoms with E-state index < -0.39 is 0 Å². The average molecular weight is 182 g/mol. The maximum Gasteiger partial charge on any atom is 0.112 e. The highest BCUT2D eigenvalue weighted by Crippen LogP contribution is 2.40. The van der Waals surface area contributed by atoms with Gasteiger partial charge >= 0.3 is 0 Å². The van der Waals surface area contributed by atoms with Crippen molar-refractivity contribution in [2.75, 3.05) is 0 Å². The molecule has 0 bridgehead atoms. The summed E-state index contributed by atoms with van der Waals surface area (Å²) in [5.41, 5.74) is 6.93. The van der Waals surface area contributed by atoms with Crippen molar-refractivity contribution in [3.8, 4) is 0 Å². The quantitative estimate of drug-likeness (QED) is 0.761. The first-order chi connectivity index (χ1) is 5.57. The fourth-order valence-corrected chi connectivity index (χ4v) is 2.09. The van der Waals surface area contributed by atoms with Crippen LogP contribution < -0.4 is 5.73 Å². The molecule has 2 rings (SSSR count). The number of nitrogens with zero attached hydrogens (tertiary/aromatic N) is 1. The standard InChI is InChI=1S/C9H14N2S/c1-9(2,10)8-11-7(5-12-8)6-3-4-6/h5-6H,3-4,10H2,1-2H3. The van der Waals surface area contributed by atoms with E-state index in [2.05, 4.69) is 10.4 Å². The molecule has 2 N–H and O–H groups in total. The molecule has 1 heterocycles. The molecular formula is C9H14N2S. The van der Waals surface area contributed by atoms with Crippen molar-refractivity contribution in [1.29, 1.82) is 0 Å². The van der Waals surface area contributed by atoms with E-state index in [4.69, 9.17) is 5.73 Å². The molecule has 0 aromatic carbocycles. The first kappa shape index (κ1) is 8.20. The van der Waals surface area contributed by atoms with Gasteiger partial charge in [0.1, 0.15) is 5.01 Å². The number of hydrogen-bond donors (Lipinski definition) is 1. The van der Waals surface area contributed by atoms with Gasteiger partial charge in [-0.25, -0.2) is 4.98 Å². The monoisotopic (exact) mass is 182 g/mol. The number of hydrogen-bond acceptors (Lipinski definition) is 3. The molecule has 12 heavy (non-hydrogen) atoms. The molecular weight excluding hydrogens is 168 g/mol. The second-order valence-corrected chi connectivity index (χ2v) is 4.93. The predicted molar refractivity (Wildman–Crippen MR) is 51.3 cm³/mol. The maximum atomic E-state index is 5.94. The zero-order valence-corrected chi connectivity index (χ0v) is 8.32. The molecule has 1 aromatic rings. The van der Waals surface area contributed by atoms with Crippen LogP contribution in [-0.2, 0) is 5.54 Å². The molecule has 0 radical (unpaired) electrons. The van der Waals surface area contributed by atoms with Crippen LogP contribution >= 0.6 is 11.3 Å². The van der Waals surface area contributed by atoms with E-state index in [1.165, 1.54) is 18.5 Å². The Morgan fingerprint density at radius 1 is 1.58 bits per heavy atom. The lowest BCUT2D eigenvalue weighted by Crippen LogP contribution is -2.28. The minimum atomic E-state index is -0.266. The van der Waals surface area contributed by atoms with E-state index in [9.17, 15) is 0 Å². The van der Waals surface area contributed by atoms with Crippen LogP contribution in [0.2, 0.25) is 0 Å². The van der Waals surface area contributed by atoms with Gasteiger partial charge in [-0.15, -0.1) is 11.3 Å². The smallest absolute Gasteiger partial charge is 0.112 e. The number of thiazole rings is 1. The second-order valence-electron chi connectivity index (χ2n) is 4.07. The van der Waals surface area contributed by atoms with Gasteiger partial charge in [0.25, 0.3) is 0 Å². The summed E-state index contributed by atoms with van der Waals surface area (Å²) in [5, 5.41) is 3.21. The van der Waals surface area contributed by atoms with Gasteiger partial charge in [0.05, 0.1) is 11.2 Å². The third kappa shape index (κ3) is 1.52. The highest BCUT2D eigenvalue weighted by molar-refractivity contribution is 7.09. The van der Waals surface area contributed by atoms with Crippen LogP contribution in [0, 0.1) is 0 Å². The Kier molecular flexibility index (Phi) is 1.73. The number of nitrogens with two attached hydrogens (primary N) is 1. The van der Waals surface area contributed by atoms with Crippen LogP contribution in [0.1, 0.15) is 43.3 Å². The first-order valence-electron chi connectivity index (χ1n) is 4.32. The Morgan fingerprint density at radius 3 is 2.67 bits per heavy atom. The molecule has 1 fully saturated rings. The molecule has 0 spiro atoms. The fourth-order valence-electron chi connectivity index (χ4n) is 1.15. The van der Waals surface area contributed by atoms with Crippen molar-refractivity contribution < 1.29 is 0 Å². The van der Waals surface area contributed by atoms with Gasteiger partial charge < -0.3 is 5.73 Å². The molecule has 2 nitrogen and oxygen atoms in total. The Hall–Kier alpha value is -0.410.